The fourth-order valence-corrected chi connectivity index (χ4v) is 3.49. The van der Waals surface area contributed by atoms with Crippen molar-refractivity contribution >= 4 is 0 Å². The number of hydrogen-bond acceptors (Lipinski definition) is 2. The minimum Gasteiger partial charge on any atom is -0.313 e. The van der Waals surface area contributed by atoms with Crippen molar-refractivity contribution in [3.8, 4) is 0 Å². The number of hydrogen-bond donors (Lipinski definition) is 1. The van der Waals surface area contributed by atoms with Gasteiger partial charge in [-0.25, -0.2) is 0 Å². The molecule has 0 spiro atoms. The molecular formula is C16H32N2. The highest BCUT2D eigenvalue weighted by molar-refractivity contribution is 4.75. The Bertz CT molecular complexity index is 215. The number of piperidine rings is 1. The molecule has 0 aromatic heterocycles. The van der Waals surface area contributed by atoms with Gasteiger partial charge in [-0.2, -0.15) is 0 Å². The van der Waals surface area contributed by atoms with E-state index in [0.29, 0.717) is 6.04 Å². The van der Waals surface area contributed by atoms with E-state index in [1.807, 2.05) is 0 Å². The molecule has 0 radical (unpaired) electrons. The van der Waals surface area contributed by atoms with Crippen molar-refractivity contribution in [1.82, 2.24) is 10.2 Å². The molecule has 1 unspecified atom stereocenters. The summed E-state index contributed by atoms with van der Waals surface area (Å²) >= 11 is 0. The maximum atomic E-state index is 3.77. The summed E-state index contributed by atoms with van der Waals surface area (Å²) in [5, 5.41) is 3.77. The molecule has 106 valence electrons. The Hall–Kier alpha value is -0.0800. The fourth-order valence-electron chi connectivity index (χ4n) is 3.49. The van der Waals surface area contributed by atoms with E-state index in [0.717, 1.165) is 11.8 Å². The molecule has 2 fully saturated rings. The van der Waals surface area contributed by atoms with Crippen LogP contribution in [0.4, 0.5) is 0 Å². The molecule has 0 aromatic rings. The lowest BCUT2D eigenvalue weighted by Gasteiger charge is -2.31. The van der Waals surface area contributed by atoms with Crippen LogP contribution in [0.3, 0.4) is 0 Å². The monoisotopic (exact) mass is 252 g/mol. The second-order valence-corrected chi connectivity index (χ2v) is 6.80. The van der Waals surface area contributed by atoms with Crippen LogP contribution in [0.25, 0.3) is 0 Å². The van der Waals surface area contributed by atoms with Crippen LogP contribution in [-0.2, 0) is 0 Å². The second-order valence-electron chi connectivity index (χ2n) is 6.80. The maximum Gasteiger partial charge on any atom is 0.0166 e. The van der Waals surface area contributed by atoms with Gasteiger partial charge in [0.25, 0.3) is 0 Å². The lowest BCUT2D eigenvalue weighted by Crippen LogP contribution is -2.43. The topological polar surface area (TPSA) is 15.3 Å². The highest BCUT2D eigenvalue weighted by Gasteiger charge is 2.19. The van der Waals surface area contributed by atoms with Gasteiger partial charge in [0.15, 0.2) is 0 Å². The van der Waals surface area contributed by atoms with Crippen molar-refractivity contribution in [1.29, 1.82) is 0 Å². The molecule has 1 atom stereocenters. The van der Waals surface area contributed by atoms with Gasteiger partial charge in [0, 0.05) is 12.6 Å². The zero-order valence-electron chi connectivity index (χ0n) is 12.5. The molecule has 18 heavy (non-hydrogen) atoms. The third-order valence-corrected chi connectivity index (χ3v) is 4.87. The van der Waals surface area contributed by atoms with E-state index >= 15 is 0 Å². The van der Waals surface area contributed by atoms with Crippen molar-refractivity contribution < 1.29 is 0 Å². The first kappa shape index (κ1) is 14.3. The molecule has 2 rings (SSSR count). The van der Waals surface area contributed by atoms with Crippen LogP contribution in [0.5, 0.6) is 0 Å². The molecule has 1 saturated heterocycles. The van der Waals surface area contributed by atoms with Crippen LogP contribution in [0.15, 0.2) is 0 Å². The Balaban J connectivity index is 1.57. The quantitative estimate of drug-likeness (QED) is 0.808. The van der Waals surface area contributed by atoms with Crippen molar-refractivity contribution in [2.45, 2.75) is 64.8 Å². The van der Waals surface area contributed by atoms with Crippen LogP contribution >= 0.6 is 0 Å². The summed E-state index contributed by atoms with van der Waals surface area (Å²) < 4.78 is 0. The third kappa shape index (κ3) is 4.89. The predicted octanol–water partition coefficient (Wildman–Crippen LogP) is 3.28. The molecule has 1 aliphatic heterocycles. The van der Waals surface area contributed by atoms with Gasteiger partial charge in [-0.15, -0.1) is 0 Å². The van der Waals surface area contributed by atoms with E-state index in [4.69, 9.17) is 0 Å². The number of nitrogens with one attached hydrogen (secondary N) is 1. The molecule has 2 aliphatic rings. The van der Waals surface area contributed by atoms with Gasteiger partial charge >= 0.3 is 0 Å². The van der Waals surface area contributed by atoms with Crippen LogP contribution in [-0.4, -0.2) is 37.1 Å². The molecular weight excluding hydrogens is 220 g/mol. The van der Waals surface area contributed by atoms with Crippen LogP contribution in [0.1, 0.15) is 58.8 Å². The highest BCUT2D eigenvalue weighted by Crippen LogP contribution is 2.27. The SMILES string of the molecule is CC1CCC(CNC(C)CN2CCCCC2)CC1. The largest absolute Gasteiger partial charge is 0.313 e. The average Bonchev–Trinajstić information content (AvgIpc) is 2.39. The molecule has 0 aromatic carbocycles. The highest BCUT2D eigenvalue weighted by atomic mass is 15.1. The van der Waals surface area contributed by atoms with Gasteiger partial charge in [0.2, 0.25) is 0 Å². The molecule has 0 bridgehead atoms. The molecule has 1 heterocycles. The summed E-state index contributed by atoms with van der Waals surface area (Å²) in [5.74, 6) is 1.93. The van der Waals surface area contributed by atoms with E-state index in [9.17, 15) is 0 Å². The van der Waals surface area contributed by atoms with Crippen LogP contribution in [0.2, 0.25) is 0 Å². The summed E-state index contributed by atoms with van der Waals surface area (Å²) in [7, 11) is 0. The minimum atomic E-state index is 0.669. The molecule has 0 amide bonds. The summed E-state index contributed by atoms with van der Waals surface area (Å²) in [6.07, 6.45) is 10.1. The van der Waals surface area contributed by atoms with Crippen molar-refractivity contribution in [2.24, 2.45) is 11.8 Å². The van der Waals surface area contributed by atoms with Crippen molar-refractivity contribution in [2.75, 3.05) is 26.2 Å². The van der Waals surface area contributed by atoms with Gasteiger partial charge in [-0.3, -0.25) is 0 Å². The third-order valence-electron chi connectivity index (χ3n) is 4.87. The molecule has 1 saturated carbocycles. The average molecular weight is 252 g/mol. The smallest absolute Gasteiger partial charge is 0.0166 e. The zero-order valence-corrected chi connectivity index (χ0v) is 12.5. The van der Waals surface area contributed by atoms with Crippen molar-refractivity contribution in [3.63, 3.8) is 0 Å². The Labute approximate surface area is 114 Å². The maximum absolute atomic E-state index is 3.77. The summed E-state index contributed by atoms with van der Waals surface area (Å²) in [5.41, 5.74) is 0. The Kier molecular flexibility index (Phi) is 5.97. The molecule has 1 N–H and O–H groups in total. The fraction of sp³-hybridized carbons (Fsp3) is 1.00. The lowest BCUT2D eigenvalue weighted by molar-refractivity contribution is 0.202. The summed E-state index contributed by atoms with van der Waals surface area (Å²) in [6, 6.07) is 0.669. The van der Waals surface area contributed by atoms with E-state index in [1.165, 1.54) is 71.1 Å². The number of likely N-dealkylation sites (tertiary alicyclic amines) is 1. The minimum absolute atomic E-state index is 0.669. The van der Waals surface area contributed by atoms with Crippen molar-refractivity contribution in [3.05, 3.63) is 0 Å². The normalized spacial score (nSPS) is 32.3. The van der Waals surface area contributed by atoms with Gasteiger partial charge in [-0.05, 0) is 64.1 Å². The number of nitrogens with zero attached hydrogens (tertiary/aromatic N) is 1. The Morgan fingerprint density at radius 2 is 1.72 bits per heavy atom. The zero-order chi connectivity index (χ0) is 12.8. The molecule has 2 nitrogen and oxygen atoms in total. The Morgan fingerprint density at radius 1 is 1.06 bits per heavy atom. The number of rotatable bonds is 5. The van der Waals surface area contributed by atoms with Crippen LogP contribution < -0.4 is 5.32 Å². The van der Waals surface area contributed by atoms with Gasteiger partial charge in [-0.1, -0.05) is 26.2 Å². The first-order chi connectivity index (χ1) is 8.74. The van der Waals surface area contributed by atoms with Gasteiger partial charge in [0.1, 0.15) is 0 Å². The summed E-state index contributed by atoms with van der Waals surface area (Å²) in [6.45, 7) is 9.92. The van der Waals surface area contributed by atoms with Crippen LogP contribution in [0, 0.1) is 11.8 Å². The first-order valence-electron chi connectivity index (χ1n) is 8.20. The lowest BCUT2D eigenvalue weighted by atomic mass is 9.83. The van der Waals surface area contributed by atoms with Gasteiger partial charge < -0.3 is 10.2 Å². The van der Waals surface area contributed by atoms with E-state index in [-0.39, 0.29) is 0 Å². The summed E-state index contributed by atoms with van der Waals surface area (Å²) in [4.78, 5) is 2.64. The van der Waals surface area contributed by atoms with E-state index in [1.54, 1.807) is 0 Å². The predicted molar refractivity (Wildman–Crippen MR) is 78.9 cm³/mol. The van der Waals surface area contributed by atoms with E-state index in [2.05, 4.69) is 24.1 Å². The molecule has 1 aliphatic carbocycles. The molecule has 2 heteroatoms. The second kappa shape index (κ2) is 7.49. The van der Waals surface area contributed by atoms with E-state index < -0.39 is 0 Å². The van der Waals surface area contributed by atoms with Gasteiger partial charge in [0.05, 0.1) is 0 Å². The Morgan fingerprint density at radius 3 is 2.39 bits per heavy atom. The first-order valence-corrected chi connectivity index (χ1v) is 8.20. The standard InChI is InChI=1S/C16H32N2/c1-14-6-8-16(9-7-14)12-17-15(2)13-18-10-4-3-5-11-18/h14-17H,3-13H2,1-2H3.